The van der Waals surface area contributed by atoms with Gasteiger partial charge in [-0.05, 0) is 11.8 Å². The van der Waals surface area contributed by atoms with Gasteiger partial charge in [-0.3, -0.25) is 0 Å². The molecule has 0 amide bonds. The fraction of sp³-hybridized carbons (Fsp3) is 0.636. The van der Waals surface area contributed by atoms with Crippen molar-refractivity contribution in [3.63, 3.8) is 0 Å². The van der Waals surface area contributed by atoms with Gasteiger partial charge in [0.05, 0.1) is 0 Å². The largest absolute Gasteiger partial charge is 0.352 e. The maximum absolute atomic E-state index is 4.10. The summed E-state index contributed by atoms with van der Waals surface area (Å²) in [6.07, 6.45) is 1.07. The molecule has 0 spiro atoms. The number of likely N-dealkylation sites (tertiary alicyclic amines) is 1. The summed E-state index contributed by atoms with van der Waals surface area (Å²) in [6.45, 7) is 14.9. The van der Waals surface area contributed by atoms with Gasteiger partial charge in [0.2, 0.25) is 0 Å². The van der Waals surface area contributed by atoms with E-state index >= 15 is 0 Å². The summed E-state index contributed by atoms with van der Waals surface area (Å²) in [6, 6.07) is 0. The molecule has 1 atom stereocenters. The quantitative estimate of drug-likeness (QED) is 0.533. The third-order valence-electron chi connectivity index (χ3n) is 2.79. The van der Waals surface area contributed by atoms with E-state index in [-0.39, 0.29) is 0 Å². The molecule has 1 aliphatic rings. The molecule has 1 rings (SSSR count). The van der Waals surface area contributed by atoms with Crippen LogP contribution >= 0.6 is 0 Å². The Labute approximate surface area is 75.8 Å². The van der Waals surface area contributed by atoms with Crippen LogP contribution in [-0.4, -0.2) is 11.9 Å². The van der Waals surface area contributed by atoms with E-state index in [0.29, 0.717) is 11.3 Å². The summed E-state index contributed by atoms with van der Waals surface area (Å²) in [5.74, 6) is 0.565. The van der Waals surface area contributed by atoms with Gasteiger partial charge in [0, 0.05) is 24.4 Å². The second-order valence-electron chi connectivity index (χ2n) is 4.74. The third-order valence-corrected chi connectivity index (χ3v) is 2.79. The Kier molecular flexibility index (Phi) is 2.07. The monoisotopic (exact) mass is 165 g/mol. The Hall–Kier alpha value is -0.720. The smallest absolute Gasteiger partial charge is 0.0141 e. The van der Waals surface area contributed by atoms with E-state index in [9.17, 15) is 0 Å². The van der Waals surface area contributed by atoms with E-state index < -0.39 is 0 Å². The highest BCUT2D eigenvalue weighted by Crippen LogP contribution is 2.43. The van der Waals surface area contributed by atoms with Crippen molar-refractivity contribution in [2.75, 3.05) is 7.05 Å². The first-order chi connectivity index (χ1) is 5.34. The van der Waals surface area contributed by atoms with Crippen molar-refractivity contribution < 1.29 is 0 Å². The average Bonchev–Trinajstić information content (AvgIpc) is 2.15. The molecule has 1 heteroatoms. The van der Waals surface area contributed by atoms with Crippen molar-refractivity contribution in [1.29, 1.82) is 0 Å². The van der Waals surface area contributed by atoms with Crippen LogP contribution in [0.25, 0.3) is 0 Å². The van der Waals surface area contributed by atoms with E-state index in [1.165, 1.54) is 11.4 Å². The fourth-order valence-electron chi connectivity index (χ4n) is 1.73. The first kappa shape index (κ1) is 9.37. The van der Waals surface area contributed by atoms with Crippen LogP contribution in [0.5, 0.6) is 0 Å². The third kappa shape index (κ3) is 1.40. The van der Waals surface area contributed by atoms with Gasteiger partial charge in [-0.2, -0.15) is 0 Å². The van der Waals surface area contributed by atoms with Gasteiger partial charge in [-0.15, -0.1) is 0 Å². The molecule has 0 aromatic carbocycles. The normalized spacial score (nSPS) is 25.3. The molecule has 1 unspecified atom stereocenters. The van der Waals surface area contributed by atoms with Crippen LogP contribution in [0.3, 0.4) is 0 Å². The lowest BCUT2D eigenvalue weighted by Crippen LogP contribution is -2.21. The molecule has 1 aliphatic heterocycles. The maximum atomic E-state index is 4.10. The number of rotatable bonds is 0. The molecule has 1 heterocycles. The van der Waals surface area contributed by atoms with Crippen LogP contribution in [0.15, 0.2) is 24.6 Å². The highest BCUT2D eigenvalue weighted by molar-refractivity contribution is 5.21. The molecule has 68 valence electrons. The zero-order valence-electron chi connectivity index (χ0n) is 8.65. The fourth-order valence-corrected chi connectivity index (χ4v) is 1.73. The Morgan fingerprint density at radius 3 is 2.00 bits per heavy atom. The lowest BCUT2D eigenvalue weighted by Gasteiger charge is -2.27. The zero-order chi connectivity index (χ0) is 9.52. The molecule has 0 radical (unpaired) electrons. The summed E-state index contributed by atoms with van der Waals surface area (Å²) in [7, 11) is 2.05. The second kappa shape index (κ2) is 2.65. The summed E-state index contributed by atoms with van der Waals surface area (Å²) >= 11 is 0. The van der Waals surface area contributed by atoms with Crippen molar-refractivity contribution in [2.45, 2.75) is 27.2 Å². The number of hydrogen-bond acceptors (Lipinski definition) is 1. The van der Waals surface area contributed by atoms with Gasteiger partial charge in [-0.25, -0.2) is 0 Å². The summed E-state index contributed by atoms with van der Waals surface area (Å²) in [4.78, 5) is 2.12. The topological polar surface area (TPSA) is 3.24 Å². The summed E-state index contributed by atoms with van der Waals surface area (Å²) in [5.41, 5.74) is 2.72. The van der Waals surface area contributed by atoms with Crippen LogP contribution in [-0.2, 0) is 0 Å². The average molecular weight is 165 g/mol. The zero-order valence-corrected chi connectivity index (χ0v) is 8.65. The van der Waals surface area contributed by atoms with Crippen LogP contribution in [0.4, 0.5) is 0 Å². The van der Waals surface area contributed by atoms with Crippen LogP contribution < -0.4 is 0 Å². The van der Waals surface area contributed by atoms with Gasteiger partial charge in [0.1, 0.15) is 0 Å². The Balaban J connectivity index is 2.86. The van der Waals surface area contributed by atoms with Gasteiger partial charge in [0.15, 0.2) is 0 Å². The van der Waals surface area contributed by atoms with Gasteiger partial charge in [-0.1, -0.05) is 33.9 Å². The highest BCUT2D eigenvalue weighted by Gasteiger charge is 2.35. The van der Waals surface area contributed by atoms with Gasteiger partial charge in [0.25, 0.3) is 0 Å². The van der Waals surface area contributed by atoms with Crippen LogP contribution in [0.1, 0.15) is 27.2 Å². The van der Waals surface area contributed by atoms with E-state index in [2.05, 4.69) is 45.9 Å². The minimum Gasteiger partial charge on any atom is -0.352 e. The molecule has 0 aliphatic carbocycles. The Morgan fingerprint density at radius 1 is 1.33 bits per heavy atom. The van der Waals surface area contributed by atoms with Crippen molar-refractivity contribution in [1.82, 2.24) is 4.90 Å². The minimum absolute atomic E-state index is 0.310. The van der Waals surface area contributed by atoms with Crippen molar-refractivity contribution in [3.05, 3.63) is 24.6 Å². The van der Waals surface area contributed by atoms with E-state index in [1.54, 1.807) is 0 Å². The van der Waals surface area contributed by atoms with Gasteiger partial charge >= 0.3 is 0 Å². The number of hydrogen-bond donors (Lipinski definition) is 0. The first-order valence-electron chi connectivity index (χ1n) is 4.44. The molecule has 0 saturated carbocycles. The van der Waals surface area contributed by atoms with Crippen molar-refractivity contribution in [3.8, 4) is 0 Å². The summed E-state index contributed by atoms with van der Waals surface area (Å²) < 4.78 is 0. The van der Waals surface area contributed by atoms with E-state index in [0.717, 1.165) is 6.42 Å². The molecule has 1 fully saturated rings. The number of nitrogens with zero attached hydrogens (tertiary/aromatic N) is 1. The molecule has 12 heavy (non-hydrogen) atoms. The second-order valence-corrected chi connectivity index (χ2v) is 4.74. The maximum Gasteiger partial charge on any atom is 0.0141 e. The molecular weight excluding hydrogens is 146 g/mol. The molecular formula is C11H19N. The predicted octanol–water partition coefficient (Wildman–Crippen LogP) is 3.01. The minimum atomic E-state index is 0.310. The number of allylic oxidation sites excluding steroid dienone is 2. The van der Waals surface area contributed by atoms with E-state index in [4.69, 9.17) is 0 Å². The lowest BCUT2D eigenvalue weighted by atomic mass is 9.78. The standard InChI is InChI=1S/C11H19N/c1-8-7-10(11(3,4)5)9(2)12(8)6/h10H,1-2,7H2,3-6H3. The van der Waals surface area contributed by atoms with Crippen LogP contribution in [0, 0.1) is 11.3 Å². The SMILES string of the molecule is C=C1CC(C(C)(C)C)C(=C)N1C. The highest BCUT2D eigenvalue weighted by atomic mass is 15.1. The lowest BCUT2D eigenvalue weighted by molar-refractivity contribution is 0.282. The molecule has 1 nitrogen and oxygen atoms in total. The van der Waals surface area contributed by atoms with Crippen molar-refractivity contribution >= 4 is 0 Å². The Bertz CT molecular complexity index is 220. The molecule has 0 aromatic heterocycles. The molecule has 0 N–H and O–H groups in total. The van der Waals surface area contributed by atoms with Gasteiger partial charge < -0.3 is 4.90 Å². The summed E-state index contributed by atoms with van der Waals surface area (Å²) in [5, 5.41) is 0. The first-order valence-corrected chi connectivity index (χ1v) is 4.44. The molecule has 0 aromatic rings. The Morgan fingerprint density at radius 2 is 1.83 bits per heavy atom. The van der Waals surface area contributed by atoms with Crippen LogP contribution in [0.2, 0.25) is 0 Å². The predicted molar refractivity (Wildman–Crippen MR) is 53.6 cm³/mol. The van der Waals surface area contributed by atoms with Crippen molar-refractivity contribution in [2.24, 2.45) is 11.3 Å². The molecule has 0 bridgehead atoms. The molecule has 1 saturated heterocycles. The van der Waals surface area contributed by atoms with E-state index in [1.807, 2.05) is 0 Å².